The number of aryl methyl sites for hydroxylation is 2. The molecule has 8 heteroatoms. The molecule has 2 aromatic heterocycles. The highest BCUT2D eigenvalue weighted by Gasteiger charge is 2.16. The molecule has 0 saturated carbocycles. The first-order chi connectivity index (χ1) is 13.5. The monoisotopic (exact) mass is 388 g/mol. The summed E-state index contributed by atoms with van der Waals surface area (Å²) in [6.07, 6.45) is 1.41. The van der Waals surface area contributed by atoms with Crippen molar-refractivity contribution in [3.05, 3.63) is 65.0 Å². The lowest BCUT2D eigenvalue weighted by Gasteiger charge is -2.10. The van der Waals surface area contributed by atoms with E-state index in [0.29, 0.717) is 16.4 Å². The fourth-order valence-electron chi connectivity index (χ4n) is 2.66. The highest BCUT2D eigenvalue weighted by atomic mass is 32.2. The van der Waals surface area contributed by atoms with Gasteiger partial charge >= 0.3 is 0 Å². The van der Waals surface area contributed by atoms with Crippen LogP contribution in [0.15, 0.2) is 47.6 Å². The van der Waals surface area contributed by atoms with Gasteiger partial charge in [-0.2, -0.15) is 15.6 Å². The molecule has 0 aliphatic rings. The van der Waals surface area contributed by atoms with Gasteiger partial charge in [-0.3, -0.25) is 4.79 Å². The molecular weight excluding hydrogens is 372 g/mol. The van der Waals surface area contributed by atoms with E-state index in [2.05, 4.69) is 21.5 Å². The van der Waals surface area contributed by atoms with Crippen LogP contribution >= 0.6 is 11.8 Å². The zero-order valence-corrected chi connectivity index (χ0v) is 16.1. The summed E-state index contributed by atoms with van der Waals surface area (Å²) in [6, 6.07) is 15.2. The minimum atomic E-state index is -0.316. The third kappa shape index (κ3) is 4.03. The van der Waals surface area contributed by atoms with E-state index in [0.717, 1.165) is 16.9 Å². The molecule has 0 unspecified atom stereocenters. The Labute approximate surface area is 166 Å². The Morgan fingerprint density at radius 1 is 1.21 bits per heavy atom. The summed E-state index contributed by atoms with van der Waals surface area (Å²) in [5.41, 5.74) is 3.08. The molecule has 0 saturated heterocycles. The summed E-state index contributed by atoms with van der Waals surface area (Å²) in [5.74, 6) is 0.0484. The Bertz CT molecular complexity index is 1110. The van der Waals surface area contributed by atoms with E-state index < -0.39 is 0 Å². The van der Waals surface area contributed by atoms with Gasteiger partial charge in [-0.1, -0.05) is 30.0 Å². The molecule has 1 aromatic carbocycles. The highest BCUT2D eigenvalue weighted by molar-refractivity contribution is 8.00. The summed E-state index contributed by atoms with van der Waals surface area (Å²) < 4.78 is 1.51. The maximum Gasteiger partial charge on any atom is 0.235 e. The van der Waals surface area contributed by atoms with Gasteiger partial charge in [0.2, 0.25) is 5.91 Å². The van der Waals surface area contributed by atoms with E-state index >= 15 is 0 Å². The van der Waals surface area contributed by atoms with E-state index in [4.69, 9.17) is 0 Å². The number of amides is 1. The van der Waals surface area contributed by atoms with Crippen LogP contribution in [0.4, 0.5) is 5.82 Å². The maximum atomic E-state index is 12.5. The first kappa shape index (κ1) is 19.2. The van der Waals surface area contributed by atoms with Gasteiger partial charge in [0.15, 0.2) is 5.82 Å². The number of nitrogens with one attached hydrogen (secondary N) is 1. The number of para-hydroxylation sites is 1. The van der Waals surface area contributed by atoms with E-state index in [1.807, 2.05) is 56.3 Å². The van der Waals surface area contributed by atoms with Gasteiger partial charge in [0.25, 0.3) is 0 Å². The summed E-state index contributed by atoms with van der Waals surface area (Å²) in [4.78, 5) is 16.9. The standard InChI is InChI=1S/C20H16N6OS/c1-13-8-14(2)24-20(17(13)10-22)28-12-18(27)25-19-15(9-21)11-23-26(19)16-6-4-3-5-7-16/h3-8,11H,12H2,1-2H3,(H,25,27). The molecule has 1 N–H and O–H groups in total. The molecule has 0 aliphatic carbocycles. The van der Waals surface area contributed by atoms with Crippen LogP contribution in [0.2, 0.25) is 0 Å². The van der Waals surface area contributed by atoms with Crippen LogP contribution < -0.4 is 5.32 Å². The zero-order valence-electron chi connectivity index (χ0n) is 15.3. The van der Waals surface area contributed by atoms with E-state index in [1.165, 1.54) is 22.6 Å². The molecular formula is C20H16N6OS. The Morgan fingerprint density at radius 3 is 2.64 bits per heavy atom. The molecule has 2 heterocycles. The number of anilines is 1. The molecule has 0 radical (unpaired) electrons. The third-order valence-corrected chi connectivity index (χ3v) is 4.89. The number of aromatic nitrogens is 3. The fraction of sp³-hybridized carbons (Fsp3) is 0.150. The molecule has 0 bridgehead atoms. The minimum Gasteiger partial charge on any atom is -0.309 e. The second-order valence-corrected chi connectivity index (χ2v) is 6.94. The third-order valence-electron chi connectivity index (χ3n) is 3.91. The van der Waals surface area contributed by atoms with E-state index in [-0.39, 0.29) is 17.2 Å². The van der Waals surface area contributed by atoms with Crippen LogP contribution in [0.3, 0.4) is 0 Å². The maximum absolute atomic E-state index is 12.5. The molecule has 1 amide bonds. The van der Waals surface area contributed by atoms with Gasteiger partial charge in [-0.25, -0.2) is 9.67 Å². The molecule has 3 rings (SSSR count). The van der Waals surface area contributed by atoms with Gasteiger partial charge in [0.1, 0.15) is 22.7 Å². The second-order valence-electron chi connectivity index (χ2n) is 5.98. The Hall–Kier alpha value is -3.62. The number of hydrogen-bond acceptors (Lipinski definition) is 6. The predicted octanol–water partition coefficient (Wildman–Crippen LogP) is 3.36. The largest absolute Gasteiger partial charge is 0.309 e. The van der Waals surface area contributed by atoms with Crippen LogP contribution in [0.5, 0.6) is 0 Å². The average molecular weight is 388 g/mol. The van der Waals surface area contributed by atoms with Gasteiger partial charge in [-0.05, 0) is 37.6 Å². The fourth-order valence-corrected chi connectivity index (χ4v) is 3.56. The van der Waals surface area contributed by atoms with Crippen LogP contribution in [0.25, 0.3) is 5.69 Å². The number of carbonyl (C=O) groups is 1. The topological polar surface area (TPSA) is 107 Å². The van der Waals surface area contributed by atoms with Crippen LogP contribution in [0, 0.1) is 36.5 Å². The first-order valence-corrected chi connectivity index (χ1v) is 9.36. The van der Waals surface area contributed by atoms with Crippen molar-refractivity contribution in [2.75, 3.05) is 11.1 Å². The Morgan fingerprint density at radius 2 is 1.96 bits per heavy atom. The van der Waals surface area contributed by atoms with Crippen LogP contribution in [-0.4, -0.2) is 26.4 Å². The van der Waals surface area contributed by atoms with E-state index in [9.17, 15) is 15.3 Å². The number of nitrogens with zero attached hydrogens (tertiary/aromatic N) is 5. The first-order valence-electron chi connectivity index (χ1n) is 8.38. The Balaban J connectivity index is 1.79. The molecule has 0 atom stereocenters. The number of thioether (sulfide) groups is 1. The average Bonchev–Trinajstić information content (AvgIpc) is 3.09. The number of pyridine rings is 1. The van der Waals surface area contributed by atoms with Crippen LogP contribution in [-0.2, 0) is 4.79 Å². The quantitative estimate of drug-likeness (QED) is 0.672. The summed E-state index contributed by atoms with van der Waals surface area (Å²) in [7, 11) is 0. The number of benzene rings is 1. The lowest BCUT2D eigenvalue weighted by molar-refractivity contribution is -0.113. The van der Waals surface area contributed by atoms with Crippen molar-refractivity contribution in [2.45, 2.75) is 18.9 Å². The van der Waals surface area contributed by atoms with Crippen molar-refractivity contribution in [1.29, 1.82) is 10.5 Å². The minimum absolute atomic E-state index is 0.0510. The normalized spacial score (nSPS) is 10.1. The molecule has 0 fully saturated rings. The number of rotatable bonds is 5. The highest BCUT2D eigenvalue weighted by Crippen LogP contribution is 2.25. The number of hydrogen-bond donors (Lipinski definition) is 1. The molecule has 138 valence electrons. The zero-order chi connectivity index (χ0) is 20.1. The van der Waals surface area contributed by atoms with Crippen molar-refractivity contribution in [3.63, 3.8) is 0 Å². The van der Waals surface area contributed by atoms with Crippen molar-refractivity contribution < 1.29 is 4.79 Å². The molecule has 7 nitrogen and oxygen atoms in total. The molecule has 3 aromatic rings. The lowest BCUT2D eigenvalue weighted by atomic mass is 10.1. The van der Waals surface area contributed by atoms with Crippen molar-refractivity contribution >= 4 is 23.5 Å². The van der Waals surface area contributed by atoms with Gasteiger partial charge in [0, 0.05) is 5.69 Å². The van der Waals surface area contributed by atoms with Gasteiger partial charge in [-0.15, -0.1) is 0 Å². The smallest absolute Gasteiger partial charge is 0.235 e. The van der Waals surface area contributed by atoms with Crippen molar-refractivity contribution in [2.24, 2.45) is 0 Å². The molecule has 28 heavy (non-hydrogen) atoms. The van der Waals surface area contributed by atoms with Crippen molar-refractivity contribution in [1.82, 2.24) is 14.8 Å². The predicted molar refractivity (Wildman–Crippen MR) is 106 cm³/mol. The van der Waals surface area contributed by atoms with Gasteiger partial charge in [0.05, 0.1) is 23.2 Å². The summed E-state index contributed by atoms with van der Waals surface area (Å²) in [6.45, 7) is 3.69. The Kier molecular flexibility index (Phi) is 5.73. The van der Waals surface area contributed by atoms with E-state index in [1.54, 1.807) is 0 Å². The second kappa shape index (κ2) is 8.38. The van der Waals surface area contributed by atoms with Crippen LogP contribution in [0.1, 0.15) is 22.4 Å². The lowest BCUT2D eigenvalue weighted by Crippen LogP contribution is -2.18. The SMILES string of the molecule is Cc1cc(C)c(C#N)c(SCC(=O)Nc2c(C#N)cnn2-c2ccccc2)n1. The number of carbonyl (C=O) groups excluding carboxylic acids is 1. The number of nitriles is 2. The summed E-state index contributed by atoms with van der Waals surface area (Å²) >= 11 is 1.19. The van der Waals surface area contributed by atoms with Gasteiger partial charge < -0.3 is 5.32 Å². The molecule has 0 spiro atoms. The van der Waals surface area contributed by atoms with Crippen molar-refractivity contribution in [3.8, 4) is 17.8 Å². The molecule has 0 aliphatic heterocycles. The summed E-state index contributed by atoms with van der Waals surface area (Å²) in [5, 5.41) is 26.1.